The molecule has 0 radical (unpaired) electrons. The molecule has 2 atom stereocenters. The monoisotopic (exact) mass is 416 g/mol. The smallest absolute Gasteiger partial charge is 0.238 e. The molecule has 0 aliphatic heterocycles. The summed E-state index contributed by atoms with van der Waals surface area (Å²) in [5, 5.41) is 19.3. The van der Waals surface area contributed by atoms with Crippen molar-refractivity contribution >= 4 is 45.6 Å². The van der Waals surface area contributed by atoms with Gasteiger partial charge in [-0.1, -0.05) is 48.2 Å². The minimum absolute atomic E-state index is 0.0846. The van der Waals surface area contributed by atoms with Gasteiger partial charge in [-0.25, -0.2) is 4.68 Å². The van der Waals surface area contributed by atoms with E-state index in [9.17, 15) is 4.79 Å². The van der Waals surface area contributed by atoms with E-state index in [4.69, 9.17) is 0 Å². The lowest BCUT2D eigenvalue weighted by Crippen LogP contribution is -2.24. The summed E-state index contributed by atoms with van der Waals surface area (Å²) in [6.07, 6.45) is 2.64. The molecule has 0 aliphatic rings. The van der Waals surface area contributed by atoms with Crippen LogP contribution in [0.4, 0.5) is 16.6 Å². The molecule has 0 saturated carbocycles. The molecular weight excluding hydrogens is 392 g/mol. The number of nitrogens with zero attached hydrogens (tertiary/aromatic N) is 4. The zero-order chi connectivity index (χ0) is 20.1. The number of hydrogen-bond donors (Lipinski definition) is 2. The summed E-state index contributed by atoms with van der Waals surface area (Å²) in [7, 11) is 0. The Morgan fingerprint density at radius 1 is 1.25 bits per heavy atom. The standard InChI is InChI=1S/C19H24N6OS2/c1-5-13(3)25-16(10-11-20-25)22-17(26)14(4)27-19-24-23-18(28-19)21-15-9-7-6-8-12(15)2/h6-11,13-14H,5H2,1-4H3,(H,21,23)(H,22,26)/t13-,14+/m1/s1. The maximum Gasteiger partial charge on any atom is 0.238 e. The number of benzene rings is 1. The van der Waals surface area contributed by atoms with Crippen LogP contribution in [0.3, 0.4) is 0 Å². The van der Waals surface area contributed by atoms with E-state index in [1.54, 1.807) is 6.20 Å². The molecular formula is C19H24N6OS2. The lowest BCUT2D eigenvalue weighted by Gasteiger charge is -2.15. The lowest BCUT2D eigenvalue weighted by molar-refractivity contribution is -0.115. The predicted octanol–water partition coefficient (Wildman–Crippen LogP) is 4.88. The second-order valence-corrected chi connectivity index (χ2v) is 9.05. The largest absolute Gasteiger partial charge is 0.330 e. The fourth-order valence-electron chi connectivity index (χ4n) is 2.51. The second-order valence-electron chi connectivity index (χ2n) is 6.48. The van der Waals surface area contributed by atoms with Crippen molar-refractivity contribution < 1.29 is 4.79 Å². The van der Waals surface area contributed by atoms with Crippen LogP contribution in [0, 0.1) is 6.92 Å². The Balaban J connectivity index is 1.60. The van der Waals surface area contributed by atoms with Crippen LogP contribution in [0.15, 0.2) is 40.9 Å². The van der Waals surface area contributed by atoms with E-state index in [1.165, 1.54) is 23.1 Å². The van der Waals surface area contributed by atoms with Crippen LogP contribution in [0.2, 0.25) is 0 Å². The van der Waals surface area contributed by atoms with E-state index in [0.29, 0.717) is 10.9 Å². The molecule has 0 aliphatic carbocycles. The second kappa shape index (κ2) is 9.20. The Morgan fingerprint density at radius 3 is 2.79 bits per heavy atom. The Labute approximate surface area is 173 Å². The maximum absolute atomic E-state index is 12.6. The van der Waals surface area contributed by atoms with E-state index in [1.807, 2.05) is 48.9 Å². The first-order valence-electron chi connectivity index (χ1n) is 9.15. The molecule has 1 amide bonds. The summed E-state index contributed by atoms with van der Waals surface area (Å²) in [6, 6.07) is 10.1. The van der Waals surface area contributed by atoms with Gasteiger partial charge in [0, 0.05) is 11.8 Å². The van der Waals surface area contributed by atoms with Gasteiger partial charge in [0.2, 0.25) is 11.0 Å². The van der Waals surface area contributed by atoms with Gasteiger partial charge in [-0.2, -0.15) is 5.10 Å². The first kappa shape index (κ1) is 20.3. The highest BCUT2D eigenvalue weighted by molar-refractivity contribution is 8.02. The quantitative estimate of drug-likeness (QED) is 0.509. The number of carbonyl (C=O) groups is 1. The number of hydrogen-bond acceptors (Lipinski definition) is 7. The third kappa shape index (κ3) is 4.90. The van der Waals surface area contributed by atoms with Crippen molar-refractivity contribution in [1.82, 2.24) is 20.0 Å². The third-order valence-corrected chi connectivity index (χ3v) is 6.39. The Hall–Kier alpha value is -2.39. The molecule has 2 N–H and O–H groups in total. The van der Waals surface area contributed by atoms with Crippen LogP contribution in [0.5, 0.6) is 0 Å². The minimum Gasteiger partial charge on any atom is -0.330 e. The molecule has 2 heterocycles. The molecule has 148 valence electrons. The SMILES string of the molecule is CC[C@@H](C)n1nccc1NC(=O)[C@H](C)Sc1nnc(Nc2ccccc2C)s1. The molecule has 0 saturated heterocycles. The highest BCUT2D eigenvalue weighted by Gasteiger charge is 2.19. The molecule has 2 aromatic heterocycles. The Kier molecular flexibility index (Phi) is 6.69. The lowest BCUT2D eigenvalue weighted by atomic mass is 10.2. The van der Waals surface area contributed by atoms with Crippen molar-refractivity contribution in [2.75, 3.05) is 10.6 Å². The average molecular weight is 417 g/mol. The number of thioether (sulfide) groups is 1. The number of nitrogens with one attached hydrogen (secondary N) is 2. The molecule has 1 aromatic carbocycles. The zero-order valence-electron chi connectivity index (χ0n) is 16.3. The van der Waals surface area contributed by atoms with Gasteiger partial charge in [0.15, 0.2) is 4.34 Å². The summed E-state index contributed by atoms with van der Waals surface area (Å²) >= 11 is 2.83. The van der Waals surface area contributed by atoms with Crippen molar-refractivity contribution in [3.63, 3.8) is 0 Å². The fourth-order valence-corrected chi connectivity index (χ4v) is 4.41. The van der Waals surface area contributed by atoms with Crippen LogP contribution in [-0.4, -0.2) is 31.1 Å². The van der Waals surface area contributed by atoms with E-state index >= 15 is 0 Å². The average Bonchev–Trinajstić information content (AvgIpc) is 3.32. The van der Waals surface area contributed by atoms with E-state index in [-0.39, 0.29) is 17.2 Å². The topological polar surface area (TPSA) is 84.7 Å². The zero-order valence-corrected chi connectivity index (χ0v) is 18.0. The maximum atomic E-state index is 12.6. The summed E-state index contributed by atoms with van der Waals surface area (Å²) in [4.78, 5) is 12.6. The molecule has 3 rings (SSSR count). The first-order chi connectivity index (χ1) is 13.5. The Bertz CT molecular complexity index is 938. The van der Waals surface area contributed by atoms with Gasteiger partial charge >= 0.3 is 0 Å². The van der Waals surface area contributed by atoms with E-state index < -0.39 is 0 Å². The van der Waals surface area contributed by atoms with Crippen LogP contribution in [0.1, 0.15) is 38.8 Å². The van der Waals surface area contributed by atoms with Crippen LogP contribution < -0.4 is 10.6 Å². The van der Waals surface area contributed by atoms with Crippen LogP contribution >= 0.6 is 23.1 Å². The summed E-state index contributed by atoms with van der Waals surface area (Å²) < 4.78 is 2.58. The van der Waals surface area contributed by atoms with Crippen molar-refractivity contribution in [2.45, 2.75) is 49.7 Å². The summed E-state index contributed by atoms with van der Waals surface area (Å²) in [6.45, 7) is 8.06. The summed E-state index contributed by atoms with van der Waals surface area (Å²) in [5.41, 5.74) is 2.14. The molecule has 0 spiro atoms. The number of aromatic nitrogens is 4. The van der Waals surface area contributed by atoms with Crippen molar-refractivity contribution in [2.24, 2.45) is 0 Å². The van der Waals surface area contributed by atoms with Crippen molar-refractivity contribution in [3.8, 4) is 0 Å². The number of amides is 1. The van der Waals surface area contributed by atoms with Gasteiger partial charge < -0.3 is 10.6 Å². The van der Waals surface area contributed by atoms with Crippen LogP contribution in [-0.2, 0) is 4.79 Å². The van der Waals surface area contributed by atoms with Gasteiger partial charge in [-0.3, -0.25) is 4.79 Å². The van der Waals surface area contributed by atoms with Gasteiger partial charge in [-0.15, -0.1) is 10.2 Å². The number of para-hydroxylation sites is 1. The molecule has 3 aromatic rings. The van der Waals surface area contributed by atoms with Gasteiger partial charge in [0.05, 0.1) is 17.5 Å². The molecule has 9 heteroatoms. The molecule has 28 heavy (non-hydrogen) atoms. The molecule has 7 nitrogen and oxygen atoms in total. The number of rotatable bonds is 8. The first-order valence-corrected chi connectivity index (χ1v) is 10.8. The fraction of sp³-hybridized carbons (Fsp3) is 0.368. The van der Waals surface area contributed by atoms with Crippen molar-refractivity contribution in [1.29, 1.82) is 0 Å². The predicted molar refractivity (Wildman–Crippen MR) is 116 cm³/mol. The van der Waals surface area contributed by atoms with Gasteiger partial charge in [0.25, 0.3) is 0 Å². The normalized spacial score (nSPS) is 13.1. The highest BCUT2D eigenvalue weighted by atomic mass is 32.2. The third-order valence-electron chi connectivity index (χ3n) is 4.37. The highest BCUT2D eigenvalue weighted by Crippen LogP contribution is 2.31. The van der Waals surface area contributed by atoms with E-state index in [2.05, 4.69) is 39.8 Å². The Morgan fingerprint density at radius 2 is 2.04 bits per heavy atom. The minimum atomic E-state index is -0.306. The van der Waals surface area contributed by atoms with Crippen LogP contribution in [0.25, 0.3) is 0 Å². The molecule has 0 unspecified atom stereocenters. The summed E-state index contributed by atoms with van der Waals surface area (Å²) in [5.74, 6) is 0.629. The molecule has 0 bridgehead atoms. The molecule has 0 fully saturated rings. The number of anilines is 3. The van der Waals surface area contributed by atoms with Gasteiger partial charge in [0.1, 0.15) is 5.82 Å². The number of aryl methyl sites for hydroxylation is 1. The van der Waals surface area contributed by atoms with Gasteiger partial charge in [-0.05, 0) is 38.8 Å². The van der Waals surface area contributed by atoms with E-state index in [0.717, 1.165) is 22.0 Å². The van der Waals surface area contributed by atoms with Crippen molar-refractivity contribution in [3.05, 3.63) is 42.1 Å². The number of carbonyl (C=O) groups excluding carboxylic acids is 1.